The minimum absolute atomic E-state index is 0.0961. The Labute approximate surface area is 149 Å². The highest BCUT2D eigenvalue weighted by atomic mass is 35.5. The van der Waals surface area contributed by atoms with Gasteiger partial charge in [-0.05, 0) is 30.7 Å². The van der Waals surface area contributed by atoms with E-state index in [1.807, 2.05) is 0 Å². The van der Waals surface area contributed by atoms with Gasteiger partial charge in [0.25, 0.3) is 0 Å². The largest absolute Gasteiger partial charge is 0.382 e. The number of benzene rings is 2. The van der Waals surface area contributed by atoms with Crippen LogP contribution in [0.5, 0.6) is 0 Å². The number of hydrogen-bond acceptors (Lipinski definition) is 4. The van der Waals surface area contributed by atoms with E-state index in [0.29, 0.717) is 16.1 Å². The van der Waals surface area contributed by atoms with Crippen molar-refractivity contribution in [3.8, 4) is 0 Å². The van der Waals surface area contributed by atoms with Gasteiger partial charge in [-0.1, -0.05) is 41.9 Å². The van der Waals surface area contributed by atoms with Gasteiger partial charge < -0.3 is 10.2 Å². The summed E-state index contributed by atoms with van der Waals surface area (Å²) < 4.78 is 14.7. The molecule has 7 heteroatoms. The lowest BCUT2D eigenvalue weighted by Crippen LogP contribution is -2.50. The first-order chi connectivity index (χ1) is 11.8. The van der Waals surface area contributed by atoms with E-state index in [0.717, 1.165) is 0 Å². The molecule has 2 aromatic carbocycles. The summed E-state index contributed by atoms with van der Waals surface area (Å²) in [6.07, 6.45) is 2.77. The van der Waals surface area contributed by atoms with Crippen LogP contribution in [0, 0.1) is 5.82 Å². The van der Waals surface area contributed by atoms with Crippen LogP contribution in [0.15, 0.2) is 61.2 Å². The van der Waals surface area contributed by atoms with Crippen LogP contribution in [0.2, 0.25) is 5.02 Å². The lowest BCUT2D eigenvalue weighted by molar-refractivity contribution is -0.164. The Kier molecular flexibility index (Phi) is 4.60. The molecule has 0 bridgehead atoms. The molecule has 0 aliphatic carbocycles. The minimum atomic E-state index is -1.84. The highest BCUT2D eigenvalue weighted by molar-refractivity contribution is 6.31. The van der Waals surface area contributed by atoms with E-state index >= 15 is 0 Å². The third-order valence-corrected chi connectivity index (χ3v) is 4.72. The second-order valence-corrected chi connectivity index (χ2v) is 6.42. The van der Waals surface area contributed by atoms with Crippen molar-refractivity contribution >= 4 is 11.6 Å². The molecular weight excluding hydrogens is 345 g/mol. The first kappa shape index (κ1) is 17.5. The SMILES string of the molecule is C[C@@](O)(c1ccc(F)cc1)[C@](O)(Cn1cncn1)c1ccccc1Cl. The van der Waals surface area contributed by atoms with Gasteiger partial charge in [-0.25, -0.2) is 14.1 Å². The fraction of sp³-hybridized carbons (Fsp3) is 0.222. The summed E-state index contributed by atoms with van der Waals surface area (Å²) in [6, 6.07) is 12.0. The van der Waals surface area contributed by atoms with Crippen molar-refractivity contribution in [3.05, 3.63) is 83.2 Å². The van der Waals surface area contributed by atoms with E-state index in [1.54, 1.807) is 24.3 Å². The molecule has 3 aromatic rings. The van der Waals surface area contributed by atoms with E-state index < -0.39 is 17.0 Å². The maximum absolute atomic E-state index is 13.3. The van der Waals surface area contributed by atoms with Crippen LogP contribution in [0.4, 0.5) is 4.39 Å². The number of nitrogens with zero attached hydrogens (tertiary/aromatic N) is 3. The molecule has 0 saturated carbocycles. The van der Waals surface area contributed by atoms with E-state index in [-0.39, 0.29) is 6.54 Å². The van der Waals surface area contributed by atoms with Crippen LogP contribution in [-0.2, 0) is 17.7 Å². The Hall–Kier alpha value is -2.28. The first-order valence-electron chi connectivity index (χ1n) is 7.63. The second-order valence-electron chi connectivity index (χ2n) is 6.01. The molecule has 2 atom stereocenters. The van der Waals surface area contributed by atoms with Crippen LogP contribution >= 0.6 is 11.6 Å². The van der Waals surface area contributed by atoms with E-state index in [1.165, 1.54) is 48.5 Å². The summed E-state index contributed by atoms with van der Waals surface area (Å²) in [5.41, 5.74) is -2.94. The zero-order valence-electron chi connectivity index (χ0n) is 13.5. The van der Waals surface area contributed by atoms with Crippen molar-refractivity contribution in [3.63, 3.8) is 0 Å². The number of halogens is 2. The zero-order chi connectivity index (χ0) is 18.1. The summed E-state index contributed by atoms with van der Waals surface area (Å²) in [5, 5.41) is 27.2. The molecule has 0 fully saturated rings. The Morgan fingerprint density at radius 2 is 1.80 bits per heavy atom. The molecule has 2 N–H and O–H groups in total. The predicted octanol–water partition coefficient (Wildman–Crippen LogP) is 2.87. The monoisotopic (exact) mass is 361 g/mol. The number of aromatic nitrogens is 3. The molecule has 0 radical (unpaired) electrons. The molecule has 25 heavy (non-hydrogen) atoms. The third kappa shape index (κ3) is 3.16. The molecule has 0 unspecified atom stereocenters. The van der Waals surface area contributed by atoms with Crippen LogP contribution in [0.1, 0.15) is 18.1 Å². The van der Waals surface area contributed by atoms with Crippen LogP contribution in [0.25, 0.3) is 0 Å². The summed E-state index contributed by atoms with van der Waals surface area (Å²) in [5.74, 6) is -0.433. The Morgan fingerprint density at radius 3 is 2.40 bits per heavy atom. The third-order valence-electron chi connectivity index (χ3n) is 4.39. The van der Waals surface area contributed by atoms with Gasteiger partial charge >= 0.3 is 0 Å². The molecule has 0 aliphatic heterocycles. The molecular formula is C18H17ClFN3O2. The van der Waals surface area contributed by atoms with Crippen LogP contribution in [-0.4, -0.2) is 25.0 Å². The second kappa shape index (κ2) is 6.55. The summed E-state index contributed by atoms with van der Waals surface area (Å²) in [6.45, 7) is 1.36. The van der Waals surface area contributed by atoms with Gasteiger partial charge in [-0.15, -0.1) is 0 Å². The molecule has 0 aliphatic rings. The lowest BCUT2D eigenvalue weighted by Gasteiger charge is -2.42. The standard InChI is InChI=1S/C18H17ClFN3O2/c1-17(24,13-6-8-14(20)9-7-13)18(25,10-23-12-21-11-22-23)15-4-2-3-5-16(15)19/h2-9,11-12,24-25H,10H2,1H3/t17-,18+/m1/s1. The Bertz CT molecular complexity index is 853. The maximum Gasteiger partial charge on any atom is 0.143 e. The topological polar surface area (TPSA) is 71.2 Å². The van der Waals surface area contributed by atoms with Gasteiger partial charge in [-0.3, -0.25) is 0 Å². The molecule has 0 spiro atoms. The summed E-state index contributed by atoms with van der Waals surface area (Å²) in [7, 11) is 0. The van der Waals surface area contributed by atoms with Crippen molar-refractivity contribution in [2.75, 3.05) is 0 Å². The van der Waals surface area contributed by atoms with Crippen LogP contribution < -0.4 is 0 Å². The molecule has 3 rings (SSSR count). The van der Waals surface area contributed by atoms with Gasteiger partial charge in [0.2, 0.25) is 0 Å². The quantitative estimate of drug-likeness (QED) is 0.733. The number of rotatable bonds is 5. The molecule has 0 saturated heterocycles. The highest BCUT2D eigenvalue weighted by Crippen LogP contribution is 2.44. The van der Waals surface area contributed by atoms with E-state index in [2.05, 4.69) is 10.1 Å². The Morgan fingerprint density at radius 1 is 1.12 bits per heavy atom. The van der Waals surface area contributed by atoms with Gasteiger partial charge in [0, 0.05) is 10.6 Å². The molecule has 5 nitrogen and oxygen atoms in total. The first-order valence-corrected chi connectivity index (χ1v) is 8.00. The number of aliphatic hydroxyl groups is 2. The molecule has 0 amide bonds. The minimum Gasteiger partial charge on any atom is -0.382 e. The van der Waals surface area contributed by atoms with Gasteiger partial charge in [0.15, 0.2) is 0 Å². The number of hydrogen-bond donors (Lipinski definition) is 2. The van der Waals surface area contributed by atoms with Gasteiger partial charge in [0.1, 0.15) is 29.7 Å². The Balaban J connectivity index is 2.16. The molecule has 1 aromatic heterocycles. The van der Waals surface area contributed by atoms with Crippen molar-refractivity contribution in [2.45, 2.75) is 24.7 Å². The van der Waals surface area contributed by atoms with E-state index in [9.17, 15) is 14.6 Å². The van der Waals surface area contributed by atoms with Gasteiger partial charge in [-0.2, -0.15) is 5.10 Å². The lowest BCUT2D eigenvalue weighted by atomic mass is 9.74. The van der Waals surface area contributed by atoms with E-state index in [4.69, 9.17) is 11.6 Å². The van der Waals surface area contributed by atoms with Crippen molar-refractivity contribution in [1.29, 1.82) is 0 Å². The average Bonchev–Trinajstić information content (AvgIpc) is 3.08. The van der Waals surface area contributed by atoms with Gasteiger partial charge in [0.05, 0.1) is 6.54 Å². The maximum atomic E-state index is 13.3. The summed E-state index contributed by atoms with van der Waals surface area (Å²) >= 11 is 6.29. The zero-order valence-corrected chi connectivity index (χ0v) is 14.2. The fourth-order valence-corrected chi connectivity index (χ4v) is 3.15. The van der Waals surface area contributed by atoms with Crippen molar-refractivity contribution < 1.29 is 14.6 Å². The van der Waals surface area contributed by atoms with Crippen LogP contribution in [0.3, 0.4) is 0 Å². The normalized spacial score (nSPS) is 16.2. The fourth-order valence-electron chi connectivity index (χ4n) is 2.86. The van der Waals surface area contributed by atoms with Crippen molar-refractivity contribution in [1.82, 2.24) is 14.8 Å². The average molecular weight is 362 g/mol. The highest BCUT2D eigenvalue weighted by Gasteiger charge is 2.50. The molecule has 130 valence electrons. The summed E-state index contributed by atoms with van der Waals surface area (Å²) in [4.78, 5) is 3.87. The predicted molar refractivity (Wildman–Crippen MR) is 91.3 cm³/mol. The molecule has 1 heterocycles. The smallest absolute Gasteiger partial charge is 0.143 e. The van der Waals surface area contributed by atoms with Crippen molar-refractivity contribution in [2.24, 2.45) is 0 Å².